The van der Waals surface area contributed by atoms with E-state index in [1.54, 1.807) is 0 Å². The summed E-state index contributed by atoms with van der Waals surface area (Å²) < 4.78 is 5.87. The van der Waals surface area contributed by atoms with Gasteiger partial charge < -0.3 is 15.4 Å². The van der Waals surface area contributed by atoms with Gasteiger partial charge in [0.1, 0.15) is 5.75 Å². The van der Waals surface area contributed by atoms with Crippen LogP contribution in [0.5, 0.6) is 5.75 Å². The quantitative estimate of drug-likeness (QED) is 0.845. The van der Waals surface area contributed by atoms with E-state index in [1.807, 2.05) is 38.1 Å². The van der Waals surface area contributed by atoms with Crippen LogP contribution in [-0.4, -0.2) is 31.6 Å². The second kappa shape index (κ2) is 8.03. The van der Waals surface area contributed by atoms with E-state index in [-0.39, 0.29) is 5.91 Å². The lowest BCUT2D eigenvalue weighted by Crippen LogP contribution is -2.43. The predicted octanol–water partition coefficient (Wildman–Crippen LogP) is 2.27. The molecule has 2 atom stereocenters. The van der Waals surface area contributed by atoms with Gasteiger partial charge >= 0.3 is 0 Å². The molecule has 21 heavy (non-hydrogen) atoms. The van der Waals surface area contributed by atoms with Gasteiger partial charge in [-0.15, -0.1) is 0 Å². The smallest absolute Gasteiger partial charge is 0.261 e. The van der Waals surface area contributed by atoms with Crippen LogP contribution >= 0.6 is 0 Å². The standard InChI is InChI=1S/C17H26N2O2/c1-3-15(21-16-9-5-4-7-13(16)2)17(20)19-12-14-8-6-10-18-11-14/h4-5,7,9,14-15,18H,3,6,8,10-12H2,1-2H3,(H,19,20). The van der Waals surface area contributed by atoms with Crippen LogP contribution in [0.25, 0.3) is 0 Å². The van der Waals surface area contributed by atoms with Gasteiger partial charge in [-0.3, -0.25) is 4.79 Å². The number of benzene rings is 1. The first-order chi connectivity index (χ1) is 10.2. The number of hydrogen-bond acceptors (Lipinski definition) is 3. The Morgan fingerprint density at radius 3 is 2.95 bits per heavy atom. The van der Waals surface area contributed by atoms with Crippen LogP contribution in [0.2, 0.25) is 0 Å². The molecule has 4 nitrogen and oxygen atoms in total. The summed E-state index contributed by atoms with van der Waals surface area (Å²) in [6.07, 6.45) is 2.63. The Hall–Kier alpha value is -1.55. The number of nitrogens with one attached hydrogen (secondary N) is 2. The molecule has 116 valence electrons. The normalized spacial score (nSPS) is 19.8. The fraction of sp³-hybridized carbons (Fsp3) is 0.588. The lowest BCUT2D eigenvalue weighted by Gasteiger charge is -2.24. The molecular weight excluding hydrogens is 264 g/mol. The maximum atomic E-state index is 12.3. The molecule has 1 fully saturated rings. The third-order valence-electron chi connectivity index (χ3n) is 3.99. The van der Waals surface area contributed by atoms with Crippen LogP contribution in [0.1, 0.15) is 31.7 Å². The number of carbonyl (C=O) groups excluding carboxylic acids is 1. The number of aryl methyl sites for hydroxylation is 1. The molecule has 1 saturated heterocycles. The van der Waals surface area contributed by atoms with Crippen molar-refractivity contribution in [3.63, 3.8) is 0 Å². The third-order valence-corrected chi connectivity index (χ3v) is 3.99. The Bertz CT molecular complexity index is 456. The maximum Gasteiger partial charge on any atom is 0.261 e. The third kappa shape index (κ3) is 4.74. The molecule has 0 spiro atoms. The molecule has 0 radical (unpaired) electrons. The minimum atomic E-state index is -0.414. The highest BCUT2D eigenvalue weighted by Gasteiger charge is 2.20. The molecule has 1 aromatic rings. The molecule has 2 unspecified atom stereocenters. The number of carbonyl (C=O) groups is 1. The summed E-state index contributed by atoms with van der Waals surface area (Å²) >= 11 is 0. The molecule has 1 amide bonds. The molecule has 2 N–H and O–H groups in total. The topological polar surface area (TPSA) is 50.4 Å². The zero-order chi connectivity index (χ0) is 15.1. The van der Waals surface area contributed by atoms with E-state index in [0.717, 1.165) is 30.9 Å². The molecule has 1 aliphatic rings. The van der Waals surface area contributed by atoms with E-state index in [9.17, 15) is 4.79 Å². The number of amides is 1. The average molecular weight is 290 g/mol. The molecule has 4 heteroatoms. The number of para-hydroxylation sites is 1. The van der Waals surface area contributed by atoms with Crippen molar-refractivity contribution in [3.8, 4) is 5.75 Å². The van der Waals surface area contributed by atoms with Crippen LogP contribution in [0, 0.1) is 12.8 Å². The van der Waals surface area contributed by atoms with E-state index in [0.29, 0.717) is 12.3 Å². The van der Waals surface area contributed by atoms with E-state index in [4.69, 9.17) is 4.74 Å². The average Bonchev–Trinajstić information content (AvgIpc) is 2.53. The van der Waals surface area contributed by atoms with Crippen molar-refractivity contribution in [2.24, 2.45) is 5.92 Å². The van der Waals surface area contributed by atoms with Crippen molar-refractivity contribution in [2.45, 2.75) is 39.2 Å². The Kier molecular flexibility index (Phi) is 6.05. The molecule has 1 aliphatic heterocycles. The molecule has 0 aliphatic carbocycles. The number of rotatable bonds is 6. The summed E-state index contributed by atoms with van der Waals surface area (Å²) in [5, 5.41) is 6.41. The number of ether oxygens (including phenoxy) is 1. The monoisotopic (exact) mass is 290 g/mol. The first-order valence-electron chi connectivity index (χ1n) is 7.91. The van der Waals surface area contributed by atoms with E-state index < -0.39 is 6.10 Å². The van der Waals surface area contributed by atoms with Gasteiger partial charge in [-0.1, -0.05) is 25.1 Å². The summed E-state index contributed by atoms with van der Waals surface area (Å²) in [6, 6.07) is 7.81. The lowest BCUT2D eigenvalue weighted by atomic mass is 10.00. The lowest BCUT2D eigenvalue weighted by molar-refractivity contribution is -0.128. The van der Waals surface area contributed by atoms with Crippen molar-refractivity contribution in [1.29, 1.82) is 0 Å². The van der Waals surface area contributed by atoms with Crippen molar-refractivity contribution >= 4 is 5.91 Å². The molecule has 0 aromatic heterocycles. The van der Waals surface area contributed by atoms with Gasteiger partial charge in [-0.05, 0) is 56.8 Å². The number of hydrogen-bond donors (Lipinski definition) is 2. The van der Waals surface area contributed by atoms with Gasteiger partial charge in [0.2, 0.25) is 0 Å². The van der Waals surface area contributed by atoms with Gasteiger partial charge in [-0.2, -0.15) is 0 Å². The maximum absolute atomic E-state index is 12.3. The highest BCUT2D eigenvalue weighted by Crippen LogP contribution is 2.19. The Balaban J connectivity index is 1.85. The largest absolute Gasteiger partial charge is 0.480 e. The van der Waals surface area contributed by atoms with Gasteiger partial charge in [0.05, 0.1) is 0 Å². The second-order valence-electron chi connectivity index (χ2n) is 5.74. The van der Waals surface area contributed by atoms with Crippen LogP contribution in [0.15, 0.2) is 24.3 Å². The van der Waals surface area contributed by atoms with Crippen LogP contribution < -0.4 is 15.4 Å². The van der Waals surface area contributed by atoms with Crippen molar-refractivity contribution in [2.75, 3.05) is 19.6 Å². The zero-order valence-electron chi connectivity index (χ0n) is 13.0. The fourth-order valence-electron chi connectivity index (χ4n) is 2.62. The molecule has 1 heterocycles. The van der Waals surface area contributed by atoms with Crippen LogP contribution in [0.3, 0.4) is 0 Å². The highest BCUT2D eigenvalue weighted by molar-refractivity contribution is 5.81. The van der Waals surface area contributed by atoms with Crippen molar-refractivity contribution < 1.29 is 9.53 Å². The van der Waals surface area contributed by atoms with E-state index in [1.165, 1.54) is 12.8 Å². The highest BCUT2D eigenvalue weighted by atomic mass is 16.5. The first-order valence-corrected chi connectivity index (χ1v) is 7.91. The summed E-state index contributed by atoms with van der Waals surface area (Å²) in [7, 11) is 0. The SMILES string of the molecule is CCC(Oc1ccccc1C)C(=O)NCC1CCCNC1. The van der Waals surface area contributed by atoms with E-state index in [2.05, 4.69) is 10.6 Å². The summed E-state index contributed by atoms with van der Waals surface area (Å²) in [6.45, 7) is 6.80. The Labute approximate surface area is 127 Å². The van der Waals surface area contributed by atoms with Crippen LogP contribution in [-0.2, 0) is 4.79 Å². The first kappa shape index (κ1) is 15.8. The second-order valence-corrected chi connectivity index (χ2v) is 5.74. The molecule has 1 aromatic carbocycles. The fourth-order valence-corrected chi connectivity index (χ4v) is 2.62. The zero-order valence-corrected chi connectivity index (χ0v) is 13.0. The summed E-state index contributed by atoms with van der Waals surface area (Å²) in [5.74, 6) is 1.32. The van der Waals surface area contributed by atoms with Gasteiger partial charge in [0.15, 0.2) is 6.10 Å². The summed E-state index contributed by atoms with van der Waals surface area (Å²) in [5.41, 5.74) is 1.06. The Morgan fingerprint density at radius 1 is 1.48 bits per heavy atom. The summed E-state index contributed by atoms with van der Waals surface area (Å²) in [4.78, 5) is 12.3. The number of piperidine rings is 1. The molecule has 0 saturated carbocycles. The molecule has 2 rings (SSSR count). The van der Waals surface area contributed by atoms with Gasteiger partial charge in [0.25, 0.3) is 5.91 Å². The van der Waals surface area contributed by atoms with Crippen molar-refractivity contribution in [1.82, 2.24) is 10.6 Å². The van der Waals surface area contributed by atoms with Crippen molar-refractivity contribution in [3.05, 3.63) is 29.8 Å². The Morgan fingerprint density at radius 2 is 2.29 bits per heavy atom. The molecular formula is C17H26N2O2. The minimum Gasteiger partial charge on any atom is -0.480 e. The van der Waals surface area contributed by atoms with E-state index >= 15 is 0 Å². The minimum absolute atomic E-state index is 0.00803. The van der Waals surface area contributed by atoms with Gasteiger partial charge in [0, 0.05) is 6.54 Å². The van der Waals surface area contributed by atoms with Gasteiger partial charge in [-0.25, -0.2) is 0 Å². The van der Waals surface area contributed by atoms with Crippen LogP contribution in [0.4, 0.5) is 0 Å². The predicted molar refractivity (Wildman–Crippen MR) is 84.5 cm³/mol. The molecule has 0 bridgehead atoms.